The fourth-order valence-corrected chi connectivity index (χ4v) is 2.76. The number of esters is 1. The van der Waals surface area contributed by atoms with Gasteiger partial charge in [-0.3, -0.25) is 0 Å². The lowest BCUT2D eigenvalue weighted by molar-refractivity contribution is 0.0596. The Balaban J connectivity index is 2.63. The van der Waals surface area contributed by atoms with E-state index in [-0.39, 0.29) is 0 Å². The molecular formula is C18H17BrO4. The van der Waals surface area contributed by atoms with Crippen molar-refractivity contribution in [1.29, 1.82) is 0 Å². The lowest BCUT2D eigenvalue weighted by atomic mass is 10.0. The van der Waals surface area contributed by atoms with E-state index >= 15 is 0 Å². The van der Waals surface area contributed by atoms with Crippen molar-refractivity contribution in [2.45, 2.75) is 0 Å². The molecule has 0 saturated heterocycles. The van der Waals surface area contributed by atoms with E-state index in [0.717, 1.165) is 5.56 Å². The summed E-state index contributed by atoms with van der Waals surface area (Å²) in [6.07, 6.45) is 3.74. The first-order chi connectivity index (χ1) is 11.1. The molecule has 0 aliphatic rings. The van der Waals surface area contributed by atoms with Crippen LogP contribution in [-0.4, -0.2) is 27.3 Å². The zero-order valence-electron chi connectivity index (χ0n) is 13.1. The van der Waals surface area contributed by atoms with Crippen molar-refractivity contribution in [2.24, 2.45) is 0 Å². The van der Waals surface area contributed by atoms with E-state index < -0.39 is 5.97 Å². The largest absolute Gasteiger partial charge is 0.496 e. The molecule has 2 aromatic rings. The number of hydrogen-bond donors (Lipinski definition) is 0. The number of carbonyl (C=O) groups is 1. The molecule has 120 valence electrons. The summed E-state index contributed by atoms with van der Waals surface area (Å²) in [5, 5.41) is 0. The Hall–Kier alpha value is -2.27. The number of halogens is 1. The van der Waals surface area contributed by atoms with Gasteiger partial charge >= 0.3 is 5.97 Å². The lowest BCUT2D eigenvalue weighted by Gasteiger charge is -2.15. The second-order valence-electron chi connectivity index (χ2n) is 4.62. The van der Waals surface area contributed by atoms with E-state index in [1.54, 1.807) is 13.2 Å². The standard InChI is InChI=1S/C18H17BrO4/c1-21-14-11-15(22-2)17(19)13(16(14)18(20)23-3)10-9-12-7-5-4-6-8-12/h4-11H,1-3H3/b10-9+. The van der Waals surface area contributed by atoms with Gasteiger partial charge in [-0.05, 0) is 21.5 Å². The highest BCUT2D eigenvalue weighted by Gasteiger charge is 2.22. The number of carbonyl (C=O) groups excluding carboxylic acids is 1. The van der Waals surface area contributed by atoms with Crippen molar-refractivity contribution in [1.82, 2.24) is 0 Å². The molecule has 2 aromatic carbocycles. The van der Waals surface area contributed by atoms with Crippen molar-refractivity contribution < 1.29 is 19.0 Å². The molecule has 0 aliphatic heterocycles. The minimum Gasteiger partial charge on any atom is -0.496 e. The molecule has 0 spiro atoms. The van der Waals surface area contributed by atoms with E-state index in [4.69, 9.17) is 14.2 Å². The average Bonchev–Trinajstić information content (AvgIpc) is 2.60. The zero-order chi connectivity index (χ0) is 16.8. The summed E-state index contributed by atoms with van der Waals surface area (Å²) in [5.74, 6) is 0.491. The Bertz CT molecular complexity index is 724. The number of ether oxygens (including phenoxy) is 3. The Morgan fingerprint density at radius 2 is 1.65 bits per heavy atom. The molecular weight excluding hydrogens is 360 g/mol. The smallest absolute Gasteiger partial charge is 0.342 e. The van der Waals surface area contributed by atoms with Crippen LogP contribution in [0.25, 0.3) is 12.2 Å². The SMILES string of the molecule is COC(=O)c1c(OC)cc(OC)c(Br)c1/C=C/c1ccccc1. The maximum absolute atomic E-state index is 12.2. The van der Waals surface area contributed by atoms with Crippen molar-refractivity contribution in [3.63, 3.8) is 0 Å². The molecule has 0 amide bonds. The van der Waals surface area contributed by atoms with Crippen LogP contribution in [-0.2, 0) is 4.74 Å². The predicted molar refractivity (Wildman–Crippen MR) is 94.0 cm³/mol. The Labute approximate surface area is 143 Å². The van der Waals surface area contributed by atoms with Gasteiger partial charge in [0.25, 0.3) is 0 Å². The highest BCUT2D eigenvalue weighted by Crippen LogP contribution is 2.39. The second-order valence-corrected chi connectivity index (χ2v) is 5.41. The highest BCUT2D eigenvalue weighted by atomic mass is 79.9. The Morgan fingerprint density at radius 1 is 1.00 bits per heavy atom. The van der Waals surface area contributed by atoms with Crippen LogP contribution in [0.15, 0.2) is 40.9 Å². The molecule has 0 saturated carbocycles. The van der Waals surface area contributed by atoms with Crippen LogP contribution in [0.2, 0.25) is 0 Å². The van der Waals surface area contributed by atoms with Crippen LogP contribution >= 0.6 is 15.9 Å². The first-order valence-corrected chi connectivity index (χ1v) is 7.67. The highest BCUT2D eigenvalue weighted by molar-refractivity contribution is 9.10. The number of rotatable bonds is 5. The minimum atomic E-state index is -0.474. The maximum atomic E-state index is 12.2. The molecule has 0 bridgehead atoms. The summed E-state index contributed by atoms with van der Waals surface area (Å²) >= 11 is 3.49. The topological polar surface area (TPSA) is 44.8 Å². The fourth-order valence-electron chi connectivity index (χ4n) is 2.15. The summed E-state index contributed by atoms with van der Waals surface area (Å²) in [6.45, 7) is 0. The number of benzene rings is 2. The maximum Gasteiger partial charge on any atom is 0.342 e. The van der Waals surface area contributed by atoms with Gasteiger partial charge in [-0.2, -0.15) is 0 Å². The number of methoxy groups -OCH3 is 3. The minimum absolute atomic E-state index is 0.342. The quantitative estimate of drug-likeness (QED) is 0.572. The second kappa shape index (κ2) is 7.83. The van der Waals surface area contributed by atoms with E-state index in [2.05, 4.69) is 15.9 Å². The van der Waals surface area contributed by atoms with Crippen molar-refractivity contribution in [2.75, 3.05) is 21.3 Å². The van der Waals surface area contributed by atoms with Gasteiger partial charge in [-0.1, -0.05) is 42.5 Å². The fraction of sp³-hybridized carbons (Fsp3) is 0.167. The molecule has 4 nitrogen and oxygen atoms in total. The normalized spacial score (nSPS) is 10.6. The van der Waals surface area contributed by atoms with Crippen LogP contribution in [0, 0.1) is 0 Å². The molecule has 0 heterocycles. The molecule has 0 aromatic heterocycles. The van der Waals surface area contributed by atoms with Crippen LogP contribution < -0.4 is 9.47 Å². The van der Waals surface area contributed by atoms with Crippen LogP contribution in [0.5, 0.6) is 11.5 Å². The average molecular weight is 377 g/mol. The monoisotopic (exact) mass is 376 g/mol. The first-order valence-electron chi connectivity index (χ1n) is 6.88. The van der Waals surface area contributed by atoms with Crippen LogP contribution in [0.1, 0.15) is 21.5 Å². The van der Waals surface area contributed by atoms with Crippen LogP contribution in [0.4, 0.5) is 0 Å². The first kappa shape index (κ1) is 17.1. The third kappa shape index (κ3) is 3.74. The van der Waals surface area contributed by atoms with Gasteiger partial charge in [0, 0.05) is 11.6 Å². The van der Waals surface area contributed by atoms with Gasteiger partial charge in [-0.25, -0.2) is 4.79 Å². The molecule has 0 aliphatic carbocycles. The molecule has 23 heavy (non-hydrogen) atoms. The summed E-state index contributed by atoms with van der Waals surface area (Å²) in [4.78, 5) is 12.2. The third-order valence-corrected chi connectivity index (χ3v) is 4.12. The molecule has 2 rings (SSSR count). The van der Waals surface area contributed by atoms with Gasteiger partial charge in [-0.15, -0.1) is 0 Å². The predicted octanol–water partition coefficient (Wildman–Crippen LogP) is 4.42. The molecule has 0 radical (unpaired) electrons. The molecule has 0 unspecified atom stereocenters. The van der Waals surface area contributed by atoms with E-state index in [1.165, 1.54) is 14.2 Å². The zero-order valence-corrected chi connectivity index (χ0v) is 14.7. The van der Waals surface area contributed by atoms with Gasteiger partial charge in [0.1, 0.15) is 17.1 Å². The summed E-state index contributed by atoms with van der Waals surface area (Å²) in [7, 11) is 4.40. The summed E-state index contributed by atoms with van der Waals surface area (Å²) in [6, 6.07) is 11.4. The van der Waals surface area contributed by atoms with Crippen molar-refractivity contribution in [3.8, 4) is 11.5 Å². The van der Waals surface area contributed by atoms with Crippen molar-refractivity contribution in [3.05, 3.63) is 57.6 Å². The summed E-state index contributed by atoms with van der Waals surface area (Å²) < 4.78 is 16.2. The molecule has 0 N–H and O–H groups in total. The van der Waals surface area contributed by atoms with Crippen molar-refractivity contribution >= 4 is 34.1 Å². The van der Waals surface area contributed by atoms with E-state index in [0.29, 0.717) is 27.1 Å². The number of hydrogen-bond acceptors (Lipinski definition) is 4. The van der Waals surface area contributed by atoms with Crippen LogP contribution in [0.3, 0.4) is 0 Å². The molecule has 5 heteroatoms. The Kier molecular flexibility index (Phi) is 5.82. The molecule has 0 atom stereocenters. The van der Waals surface area contributed by atoms with Gasteiger partial charge in [0.05, 0.1) is 25.8 Å². The lowest BCUT2D eigenvalue weighted by Crippen LogP contribution is -2.08. The summed E-state index contributed by atoms with van der Waals surface area (Å²) in [5.41, 5.74) is 1.99. The van der Waals surface area contributed by atoms with Gasteiger partial charge in [0.15, 0.2) is 0 Å². The molecule has 0 fully saturated rings. The van der Waals surface area contributed by atoms with E-state index in [9.17, 15) is 4.79 Å². The van der Waals surface area contributed by atoms with Gasteiger partial charge < -0.3 is 14.2 Å². The van der Waals surface area contributed by atoms with E-state index in [1.807, 2.05) is 42.5 Å². The third-order valence-electron chi connectivity index (χ3n) is 3.30. The van der Waals surface area contributed by atoms with Gasteiger partial charge in [0.2, 0.25) is 0 Å². The Morgan fingerprint density at radius 3 is 2.22 bits per heavy atom.